The van der Waals surface area contributed by atoms with E-state index in [1.807, 2.05) is 25.1 Å². The molecule has 0 amide bonds. The highest BCUT2D eigenvalue weighted by atomic mass is 79.9. The largest absolute Gasteiger partial charge is 0.489 e. The maximum atomic E-state index is 12.3. The van der Waals surface area contributed by atoms with E-state index < -0.39 is 6.86 Å². The number of nitrogens with one attached hydrogen (secondary N) is 1. The number of alkyl halides is 1. The summed E-state index contributed by atoms with van der Waals surface area (Å²) in [7, 11) is 0. The van der Waals surface area contributed by atoms with Crippen LogP contribution in [-0.4, -0.2) is 12.0 Å². The molecule has 2 aromatic rings. The summed E-state index contributed by atoms with van der Waals surface area (Å²) in [6.45, 7) is 5.64. The van der Waals surface area contributed by atoms with Crippen LogP contribution in [0.2, 0.25) is 0 Å². The number of benzene rings is 2. The van der Waals surface area contributed by atoms with E-state index in [0.29, 0.717) is 12.3 Å². The fraction of sp³-hybridized carbons (Fsp3) is 0.316. The summed E-state index contributed by atoms with van der Waals surface area (Å²) >= 11 is 8.48. The van der Waals surface area contributed by atoms with Crippen molar-refractivity contribution in [1.29, 1.82) is 0 Å². The van der Waals surface area contributed by atoms with E-state index in [2.05, 4.69) is 52.0 Å². The molecule has 0 bridgehead atoms. The third-order valence-electron chi connectivity index (χ3n) is 3.93. The summed E-state index contributed by atoms with van der Waals surface area (Å²) in [4.78, 5) is 0. The van der Waals surface area contributed by atoms with Crippen molar-refractivity contribution in [3.8, 4) is 5.75 Å². The number of aryl methyl sites for hydroxylation is 3. The second-order valence-electron chi connectivity index (χ2n) is 5.62. The fourth-order valence-corrected chi connectivity index (χ4v) is 3.19. The van der Waals surface area contributed by atoms with E-state index in [9.17, 15) is 4.39 Å². The maximum Gasteiger partial charge on any atom is 0.263 e. The molecule has 0 radical (unpaired) electrons. The molecule has 0 spiro atoms. The first kappa shape index (κ1) is 19.7. The number of anilines is 1. The van der Waals surface area contributed by atoms with Gasteiger partial charge in [0, 0.05) is 15.7 Å². The van der Waals surface area contributed by atoms with Gasteiger partial charge in [-0.15, -0.1) is 0 Å². The summed E-state index contributed by atoms with van der Waals surface area (Å²) in [6, 6.07) is 9.85. The van der Waals surface area contributed by atoms with Gasteiger partial charge in [-0.05, 0) is 67.4 Å². The Labute approximate surface area is 161 Å². The summed E-state index contributed by atoms with van der Waals surface area (Å²) in [6.07, 6.45) is 0.997. The van der Waals surface area contributed by atoms with Crippen molar-refractivity contribution in [2.24, 2.45) is 0 Å². The fourth-order valence-electron chi connectivity index (χ4n) is 2.55. The minimum atomic E-state index is -0.964. The predicted molar refractivity (Wildman–Crippen MR) is 107 cm³/mol. The van der Waals surface area contributed by atoms with E-state index in [1.54, 1.807) is 0 Å². The molecule has 0 atom stereocenters. The van der Waals surface area contributed by atoms with Crippen LogP contribution in [0.1, 0.15) is 29.2 Å². The summed E-state index contributed by atoms with van der Waals surface area (Å²) in [5.74, 6) is 0.846. The van der Waals surface area contributed by atoms with Crippen LogP contribution in [0.25, 0.3) is 0 Å². The van der Waals surface area contributed by atoms with Crippen LogP contribution in [0.3, 0.4) is 0 Å². The lowest BCUT2D eigenvalue weighted by molar-refractivity contribution is 0.184. The Morgan fingerprint density at radius 2 is 2.00 bits per heavy atom. The zero-order chi connectivity index (χ0) is 18.4. The Balaban J connectivity index is 2.20. The Bertz CT molecular complexity index is 767. The van der Waals surface area contributed by atoms with Gasteiger partial charge in [-0.3, -0.25) is 0 Å². The molecular formula is C19H21BrFNO2S. The molecule has 0 aliphatic carbocycles. The molecule has 0 aromatic heterocycles. The Hall–Kier alpha value is -1.66. The van der Waals surface area contributed by atoms with Crippen molar-refractivity contribution >= 4 is 39.0 Å². The Kier molecular flexibility index (Phi) is 7.20. The van der Waals surface area contributed by atoms with Crippen LogP contribution in [0.15, 0.2) is 34.8 Å². The molecule has 0 saturated carbocycles. The highest BCUT2D eigenvalue weighted by Gasteiger charge is 2.11. The minimum Gasteiger partial charge on any atom is -0.489 e. The van der Waals surface area contributed by atoms with Crippen molar-refractivity contribution < 1.29 is 13.9 Å². The van der Waals surface area contributed by atoms with Crippen molar-refractivity contribution in [3.63, 3.8) is 0 Å². The Morgan fingerprint density at radius 1 is 1.24 bits per heavy atom. The van der Waals surface area contributed by atoms with Gasteiger partial charge in [-0.25, -0.2) is 4.39 Å². The van der Waals surface area contributed by atoms with Gasteiger partial charge < -0.3 is 14.8 Å². The molecule has 25 heavy (non-hydrogen) atoms. The molecule has 0 fully saturated rings. The average Bonchev–Trinajstić information content (AvgIpc) is 2.57. The number of halogens is 2. The molecule has 2 aromatic carbocycles. The number of hydrogen-bond donors (Lipinski definition) is 1. The standard InChI is InChI=1S/C19H21BrFNO2S/c1-4-14-8-13(3)18(9-12(14)2)23-10-15-16(20)6-5-7-17(15)22-19(25)24-11-21/h5-9H,4,10-11H2,1-3H3,(H,22,25). The van der Waals surface area contributed by atoms with Crippen LogP contribution in [0.4, 0.5) is 10.1 Å². The molecule has 1 N–H and O–H groups in total. The second-order valence-corrected chi connectivity index (χ2v) is 6.84. The van der Waals surface area contributed by atoms with Crippen LogP contribution in [0, 0.1) is 13.8 Å². The van der Waals surface area contributed by atoms with Crippen LogP contribution in [-0.2, 0) is 17.8 Å². The second kappa shape index (κ2) is 9.15. The lowest BCUT2D eigenvalue weighted by Crippen LogP contribution is -2.15. The van der Waals surface area contributed by atoms with Crippen LogP contribution < -0.4 is 10.1 Å². The van der Waals surface area contributed by atoms with E-state index in [-0.39, 0.29) is 5.17 Å². The molecular weight excluding hydrogens is 405 g/mol. The first-order chi connectivity index (χ1) is 12.0. The molecule has 0 unspecified atom stereocenters. The first-order valence-electron chi connectivity index (χ1n) is 7.96. The summed E-state index contributed by atoms with van der Waals surface area (Å²) < 4.78 is 23.8. The minimum absolute atomic E-state index is 0.0128. The van der Waals surface area contributed by atoms with Gasteiger partial charge in [0.2, 0.25) is 6.86 Å². The van der Waals surface area contributed by atoms with Crippen molar-refractivity contribution in [3.05, 3.63) is 57.1 Å². The zero-order valence-electron chi connectivity index (χ0n) is 14.5. The quantitative estimate of drug-likeness (QED) is 0.588. The molecule has 0 saturated heterocycles. The lowest BCUT2D eigenvalue weighted by Gasteiger charge is -2.17. The number of ether oxygens (including phenoxy) is 2. The van der Waals surface area contributed by atoms with Crippen LogP contribution >= 0.6 is 28.1 Å². The van der Waals surface area contributed by atoms with Gasteiger partial charge in [0.05, 0.1) is 0 Å². The van der Waals surface area contributed by atoms with Gasteiger partial charge in [-0.1, -0.05) is 35.0 Å². The monoisotopic (exact) mass is 425 g/mol. The molecule has 6 heteroatoms. The van der Waals surface area contributed by atoms with Gasteiger partial charge >= 0.3 is 0 Å². The van der Waals surface area contributed by atoms with E-state index in [0.717, 1.165) is 27.8 Å². The molecule has 3 nitrogen and oxygen atoms in total. The normalized spacial score (nSPS) is 10.4. The van der Waals surface area contributed by atoms with Crippen molar-refractivity contribution in [2.45, 2.75) is 33.8 Å². The number of hydrogen-bond acceptors (Lipinski definition) is 3. The number of rotatable bonds is 6. The third kappa shape index (κ3) is 5.16. The molecule has 0 aliphatic heterocycles. The highest BCUT2D eigenvalue weighted by molar-refractivity contribution is 9.10. The van der Waals surface area contributed by atoms with Gasteiger partial charge in [0.15, 0.2) is 0 Å². The average molecular weight is 426 g/mol. The predicted octanol–water partition coefficient (Wildman–Crippen LogP) is 5.85. The summed E-state index contributed by atoms with van der Waals surface area (Å²) in [5, 5.41) is 2.88. The van der Waals surface area contributed by atoms with Crippen molar-refractivity contribution in [2.75, 3.05) is 12.2 Å². The van der Waals surface area contributed by atoms with E-state index in [1.165, 1.54) is 11.1 Å². The first-order valence-corrected chi connectivity index (χ1v) is 9.16. The molecule has 0 heterocycles. The topological polar surface area (TPSA) is 30.5 Å². The molecule has 134 valence electrons. The van der Waals surface area contributed by atoms with Crippen molar-refractivity contribution in [1.82, 2.24) is 0 Å². The number of thiocarbonyl (C=S) groups is 1. The van der Waals surface area contributed by atoms with E-state index >= 15 is 0 Å². The van der Waals surface area contributed by atoms with Gasteiger partial charge in [0.25, 0.3) is 5.17 Å². The van der Waals surface area contributed by atoms with E-state index in [4.69, 9.17) is 17.0 Å². The van der Waals surface area contributed by atoms with Crippen LogP contribution in [0.5, 0.6) is 5.75 Å². The highest BCUT2D eigenvalue weighted by Crippen LogP contribution is 2.29. The third-order valence-corrected chi connectivity index (χ3v) is 4.89. The molecule has 2 rings (SSSR count). The summed E-state index contributed by atoms with van der Waals surface area (Å²) in [5.41, 5.74) is 5.23. The van der Waals surface area contributed by atoms with Gasteiger partial charge in [0.1, 0.15) is 12.4 Å². The lowest BCUT2D eigenvalue weighted by atomic mass is 10.0. The van der Waals surface area contributed by atoms with Gasteiger partial charge in [-0.2, -0.15) is 0 Å². The zero-order valence-corrected chi connectivity index (χ0v) is 16.9. The Morgan fingerprint density at radius 3 is 2.68 bits per heavy atom. The maximum absolute atomic E-state index is 12.3. The smallest absolute Gasteiger partial charge is 0.263 e. The molecule has 0 aliphatic rings. The SMILES string of the molecule is CCc1cc(C)c(OCc2c(Br)cccc2NC(=S)OCF)cc1C.